The minimum atomic E-state index is -0.609. The summed E-state index contributed by atoms with van der Waals surface area (Å²) in [4.78, 5) is 10.8. The van der Waals surface area contributed by atoms with Crippen LogP contribution in [0.5, 0.6) is 0 Å². The van der Waals surface area contributed by atoms with Crippen molar-refractivity contribution < 1.29 is 19.4 Å². The molecule has 0 unspecified atom stereocenters. The highest BCUT2D eigenvalue weighted by molar-refractivity contribution is 5.86. The van der Waals surface area contributed by atoms with Gasteiger partial charge in [-0.1, -0.05) is 0 Å². The second-order valence-electron chi connectivity index (χ2n) is 2.22. The Hall–Kier alpha value is -1.19. The maximum atomic E-state index is 10.8. The van der Waals surface area contributed by atoms with Gasteiger partial charge in [0.25, 0.3) is 0 Å². The number of carbonyl (C=O) groups excluding carboxylic acids is 1. The van der Waals surface area contributed by atoms with Gasteiger partial charge in [0.1, 0.15) is 5.76 Å². The van der Waals surface area contributed by atoms with Gasteiger partial charge in [-0.05, 0) is 6.42 Å². The van der Waals surface area contributed by atoms with Crippen LogP contribution >= 0.6 is 0 Å². The highest BCUT2D eigenvalue weighted by Gasteiger charge is 2.20. The van der Waals surface area contributed by atoms with Gasteiger partial charge in [-0.25, -0.2) is 4.79 Å². The average molecular weight is 158 g/mol. The van der Waals surface area contributed by atoms with Crippen LogP contribution in [0.2, 0.25) is 0 Å². The Balaban J connectivity index is 2.74. The number of esters is 1. The van der Waals surface area contributed by atoms with Gasteiger partial charge in [0.2, 0.25) is 5.76 Å². The highest BCUT2D eigenvalue weighted by atomic mass is 16.6. The third kappa shape index (κ3) is 1.63. The van der Waals surface area contributed by atoms with Crippen molar-refractivity contribution in [3.8, 4) is 0 Å². The maximum Gasteiger partial charge on any atom is 0.376 e. The first kappa shape index (κ1) is 7.91. The Bertz CT molecular complexity index is 195. The van der Waals surface area contributed by atoms with Gasteiger partial charge in [0, 0.05) is 6.42 Å². The topological polar surface area (TPSA) is 55.8 Å². The van der Waals surface area contributed by atoms with E-state index in [0.29, 0.717) is 13.0 Å². The molecule has 1 rings (SSSR count). The minimum Gasteiger partial charge on any atom is -0.508 e. The van der Waals surface area contributed by atoms with Crippen LogP contribution in [0.3, 0.4) is 0 Å². The molecule has 0 radical (unpaired) electrons. The molecule has 0 bridgehead atoms. The van der Waals surface area contributed by atoms with Crippen LogP contribution in [-0.2, 0) is 14.3 Å². The zero-order valence-electron chi connectivity index (χ0n) is 6.29. The third-order valence-electron chi connectivity index (χ3n) is 1.44. The lowest BCUT2D eigenvalue weighted by molar-refractivity contribution is -0.141. The molecule has 0 spiro atoms. The van der Waals surface area contributed by atoms with Gasteiger partial charge in [0.05, 0.1) is 13.7 Å². The summed E-state index contributed by atoms with van der Waals surface area (Å²) in [5, 5.41) is 9.12. The second-order valence-corrected chi connectivity index (χ2v) is 2.22. The molecule has 1 heterocycles. The first-order chi connectivity index (χ1) is 5.25. The van der Waals surface area contributed by atoms with E-state index in [1.54, 1.807) is 0 Å². The fourth-order valence-electron chi connectivity index (χ4n) is 0.880. The van der Waals surface area contributed by atoms with Crippen molar-refractivity contribution in [1.29, 1.82) is 0 Å². The van der Waals surface area contributed by atoms with Crippen LogP contribution < -0.4 is 0 Å². The molecule has 4 heteroatoms. The van der Waals surface area contributed by atoms with E-state index in [2.05, 4.69) is 4.74 Å². The molecular weight excluding hydrogens is 148 g/mol. The van der Waals surface area contributed by atoms with E-state index < -0.39 is 5.97 Å². The summed E-state index contributed by atoms with van der Waals surface area (Å²) in [7, 11) is 1.25. The number of ether oxygens (including phenoxy) is 2. The zero-order chi connectivity index (χ0) is 8.27. The van der Waals surface area contributed by atoms with E-state index in [1.807, 2.05) is 0 Å². The van der Waals surface area contributed by atoms with E-state index >= 15 is 0 Å². The molecule has 0 saturated carbocycles. The lowest BCUT2D eigenvalue weighted by atomic mass is 10.2. The van der Waals surface area contributed by atoms with Gasteiger partial charge in [-0.3, -0.25) is 0 Å². The Kier molecular flexibility index (Phi) is 2.36. The molecule has 0 aromatic heterocycles. The molecule has 0 aromatic rings. The van der Waals surface area contributed by atoms with Crippen LogP contribution in [0.25, 0.3) is 0 Å². The maximum absolute atomic E-state index is 10.8. The molecule has 1 aliphatic heterocycles. The molecule has 1 aliphatic rings. The van der Waals surface area contributed by atoms with Crippen LogP contribution in [0.15, 0.2) is 11.5 Å². The SMILES string of the molecule is COC(=O)C1=C(O)CCCO1. The molecule has 62 valence electrons. The van der Waals surface area contributed by atoms with Gasteiger partial charge in [0.15, 0.2) is 0 Å². The monoisotopic (exact) mass is 158 g/mol. The first-order valence-electron chi connectivity index (χ1n) is 3.39. The van der Waals surface area contributed by atoms with Crippen molar-refractivity contribution in [3.05, 3.63) is 11.5 Å². The predicted molar refractivity (Wildman–Crippen MR) is 36.9 cm³/mol. The highest BCUT2D eigenvalue weighted by Crippen LogP contribution is 2.17. The van der Waals surface area contributed by atoms with Crippen LogP contribution in [0.4, 0.5) is 0 Å². The predicted octanol–water partition coefficient (Wildman–Crippen LogP) is 0.739. The molecule has 0 amide bonds. The van der Waals surface area contributed by atoms with Crippen LogP contribution in [-0.4, -0.2) is 24.8 Å². The standard InChI is InChI=1S/C7H10O4/c1-10-7(9)6-5(8)3-2-4-11-6/h8H,2-4H2,1H3. The zero-order valence-corrected chi connectivity index (χ0v) is 6.29. The molecule has 4 nitrogen and oxygen atoms in total. The molecule has 1 N–H and O–H groups in total. The van der Waals surface area contributed by atoms with E-state index in [0.717, 1.165) is 6.42 Å². The van der Waals surface area contributed by atoms with Gasteiger partial charge in [-0.15, -0.1) is 0 Å². The van der Waals surface area contributed by atoms with Crippen molar-refractivity contribution >= 4 is 5.97 Å². The number of aliphatic hydroxyl groups excluding tert-OH is 1. The summed E-state index contributed by atoms with van der Waals surface area (Å²) in [6, 6.07) is 0. The Labute approximate surface area is 64.4 Å². The number of allylic oxidation sites excluding steroid dienone is 1. The fraction of sp³-hybridized carbons (Fsp3) is 0.571. The summed E-state index contributed by atoms with van der Waals surface area (Å²) in [5.41, 5.74) is 0. The van der Waals surface area contributed by atoms with E-state index in [-0.39, 0.29) is 11.5 Å². The summed E-state index contributed by atoms with van der Waals surface area (Å²) >= 11 is 0. The van der Waals surface area contributed by atoms with Crippen LogP contribution in [0, 0.1) is 0 Å². The Morgan fingerprint density at radius 3 is 3.00 bits per heavy atom. The number of rotatable bonds is 1. The molecule has 11 heavy (non-hydrogen) atoms. The number of hydrogen-bond donors (Lipinski definition) is 1. The first-order valence-corrected chi connectivity index (χ1v) is 3.39. The number of aliphatic hydroxyl groups is 1. The molecule has 0 atom stereocenters. The quantitative estimate of drug-likeness (QED) is 0.572. The van der Waals surface area contributed by atoms with E-state index in [4.69, 9.17) is 9.84 Å². The lowest BCUT2D eigenvalue weighted by Gasteiger charge is -2.14. The Morgan fingerprint density at radius 2 is 2.45 bits per heavy atom. The van der Waals surface area contributed by atoms with Crippen molar-refractivity contribution in [2.45, 2.75) is 12.8 Å². The van der Waals surface area contributed by atoms with Crippen molar-refractivity contribution in [2.75, 3.05) is 13.7 Å². The van der Waals surface area contributed by atoms with Crippen LogP contribution in [0.1, 0.15) is 12.8 Å². The summed E-state index contributed by atoms with van der Waals surface area (Å²) < 4.78 is 9.28. The average Bonchev–Trinajstić information content (AvgIpc) is 2.04. The Morgan fingerprint density at radius 1 is 1.73 bits per heavy atom. The number of carbonyl (C=O) groups is 1. The van der Waals surface area contributed by atoms with Crippen molar-refractivity contribution in [3.63, 3.8) is 0 Å². The lowest BCUT2D eigenvalue weighted by Crippen LogP contribution is -2.15. The molecule has 0 saturated heterocycles. The van der Waals surface area contributed by atoms with E-state index in [1.165, 1.54) is 7.11 Å². The molecule has 0 fully saturated rings. The summed E-state index contributed by atoms with van der Waals surface area (Å²) in [5.74, 6) is -0.663. The third-order valence-corrected chi connectivity index (χ3v) is 1.44. The normalized spacial score (nSPS) is 17.5. The number of methoxy groups -OCH3 is 1. The minimum absolute atomic E-state index is 0.0110. The fourth-order valence-corrected chi connectivity index (χ4v) is 0.880. The molecule has 0 aromatic carbocycles. The van der Waals surface area contributed by atoms with E-state index in [9.17, 15) is 4.79 Å². The van der Waals surface area contributed by atoms with Gasteiger partial charge in [-0.2, -0.15) is 0 Å². The number of hydrogen-bond acceptors (Lipinski definition) is 4. The van der Waals surface area contributed by atoms with Crippen molar-refractivity contribution in [2.24, 2.45) is 0 Å². The van der Waals surface area contributed by atoms with Gasteiger partial charge >= 0.3 is 5.97 Å². The largest absolute Gasteiger partial charge is 0.508 e. The smallest absolute Gasteiger partial charge is 0.376 e. The molecular formula is C7H10O4. The molecule has 0 aliphatic carbocycles. The second kappa shape index (κ2) is 3.27. The summed E-state index contributed by atoms with van der Waals surface area (Å²) in [6.45, 7) is 0.467. The van der Waals surface area contributed by atoms with Gasteiger partial charge < -0.3 is 14.6 Å². The summed E-state index contributed by atoms with van der Waals surface area (Å²) in [6.07, 6.45) is 1.23. The van der Waals surface area contributed by atoms with Crippen molar-refractivity contribution in [1.82, 2.24) is 0 Å².